The summed E-state index contributed by atoms with van der Waals surface area (Å²) in [6, 6.07) is -0.230. The Kier molecular flexibility index (Phi) is 3.05. The van der Waals surface area contributed by atoms with Gasteiger partial charge in [0, 0.05) is 19.0 Å². The number of carboxylic acid groups (broad SMARTS) is 1. The summed E-state index contributed by atoms with van der Waals surface area (Å²) < 4.78 is 0. The van der Waals surface area contributed by atoms with Crippen LogP contribution in [0.2, 0.25) is 0 Å². The van der Waals surface area contributed by atoms with Gasteiger partial charge in [0.1, 0.15) is 5.70 Å². The van der Waals surface area contributed by atoms with Gasteiger partial charge in [0.05, 0.1) is 23.9 Å². The average molecular weight is 293 g/mol. The summed E-state index contributed by atoms with van der Waals surface area (Å²) in [7, 11) is 0. The van der Waals surface area contributed by atoms with Crippen LogP contribution in [0.1, 0.15) is 20.3 Å². The number of fused-ring (bicyclic) bond motifs is 3. The van der Waals surface area contributed by atoms with Crippen molar-refractivity contribution in [2.45, 2.75) is 32.4 Å². The molecule has 21 heavy (non-hydrogen) atoms. The zero-order chi connectivity index (χ0) is 15.5. The van der Waals surface area contributed by atoms with Gasteiger partial charge in [-0.25, -0.2) is 4.79 Å². The standard InChI is InChI=1S/C14H19N3O4/c1-6(18)10-11-8-3-4-16(7(2)15)5-9(8)12(14(20)21)17(11)13(10)19/h6,8,10-11,15,18H,3-5H2,1-2H3,(H,20,21)/t6-,8+,10-,11-/m1/s1. The molecule has 7 heteroatoms. The fourth-order valence-corrected chi connectivity index (χ4v) is 3.89. The third-order valence-corrected chi connectivity index (χ3v) is 4.86. The van der Waals surface area contributed by atoms with Crippen LogP contribution in [0.3, 0.4) is 0 Å². The predicted octanol–water partition coefficient (Wildman–Crippen LogP) is -0.134. The van der Waals surface area contributed by atoms with Crippen molar-refractivity contribution < 1.29 is 19.8 Å². The topological polar surface area (TPSA) is 105 Å². The lowest BCUT2D eigenvalue weighted by atomic mass is 9.74. The number of amides is 1. The van der Waals surface area contributed by atoms with Gasteiger partial charge < -0.3 is 20.0 Å². The van der Waals surface area contributed by atoms with E-state index in [2.05, 4.69) is 0 Å². The second-order valence-corrected chi connectivity index (χ2v) is 6.05. The summed E-state index contributed by atoms with van der Waals surface area (Å²) in [5.74, 6) is -1.51. The first-order chi connectivity index (χ1) is 9.84. The van der Waals surface area contributed by atoms with E-state index in [0.29, 0.717) is 25.3 Å². The molecule has 0 bridgehead atoms. The first kappa shape index (κ1) is 14.1. The fraction of sp³-hybridized carbons (Fsp3) is 0.643. The van der Waals surface area contributed by atoms with Crippen LogP contribution in [0.25, 0.3) is 0 Å². The number of piperidine rings is 1. The molecular formula is C14H19N3O4. The summed E-state index contributed by atoms with van der Waals surface area (Å²) in [5, 5.41) is 27.0. The Bertz CT molecular complexity index is 569. The Morgan fingerprint density at radius 1 is 1.48 bits per heavy atom. The second-order valence-electron chi connectivity index (χ2n) is 6.05. The zero-order valence-electron chi connectivity index (χ0n) is 12.0. The molecule has 0 aromatic rings. The van der Waals surface area contributed by atoms with E-state index in [-0.39, 0.29) is 23.6 Å². The van der Waals surface area contributed by atoms with E-state index < -0.39 is 18.0 Å². The number of nitrogens with one attached hydrogen (secondary N) is 1. The molecule has 4 atom stereocenters. The third-order valence-electron chi connectivity index (χ3n) is 4.86. The summed E-state index contributed by atoms with van der Waals surface area (Å²) >= 11 is 0. The van der Waals surface area contributed by atoms with Gasteiger partial charge in [0.25, 0.3) is 0 Å². The molecule has 0 radical (unpaired) electrons. The van der Waals surface area contributed by atoms with E-state index in [0.717, 1.165) is 5.57 Å². The van der Waals surface area contributed by atoms with E-state index in [1.54, 1.807) is 13.8 Å². The van der Waals surface area contributed by atoms with E-state index in [1.165, 1.54) is 4.90 Å². The van der Waals surface area contributed by atoms with Crippen LogP contribution in [0.4, 0.5) is 0 Å². The van der Waals surface area contributed by atoms with Crippen molar-refractivity contribution >= 4 is 17.7 Å². The maximum atomic E-state index is 12.2. The second kappa shape index (κ2) is 4.56. The molecule has 114 valence electrons. The van der Waals surface area contributed by atoms with Crippen molar-refractivity contribution in [3.05, 3.63) is 11.3 Å². The first-order valence-electron chi connectivity index (χ1n) is 7.12. The molecule has 3 aliphatic rings. The molecule has 0 aliphatic carbocycles. The third kappa shape index (κ3) is 1.80. The van der Waals surface area contributed by atoms with Crippen molar-refractivity contribution in [2.75, 3.05) is 13.1 Å². The number of carbonyl (C=O) groups is 2. The summed E-state index contributed by atoms with van der Waals surface area (Å²) in [6.45, 7) is 4.32. The number of carbonyl (C=O) groups excluding carboxylic acids is 1. The Morgan fingerprint density at radius 2 is 2.14 bits per heavy atom. The maximum absolute atomic E-state index is 12.2. The maximum Gasteiger partial charge on any atom is 0.352 e. The lowest BCUT2D eigenvalue weighted by Crippen LogP contribution is -2.64. The summed E-state index contributed by atoms with van der Waals surface area (Å²) in [5.41, 5.74) is 0.791. The van der Waals surface area contributed by atoms with Gasteiger partial charge >= 0.3 is 5.97 Å². The largest absolute Gasteiger partial charge is 0.477 e. The SMILES string of the molecule is CC(=N)N1CC[C@H]2C(=C(C(=O)O)N3C(=O)[C@H]([C@@H](C)O)[C@@H]23)C1. The number of amidine groups is 1. The van der Waals surface area contributed by atoms with Crippen LogP contribution in [-0.2, 0) is 9.59 Å². The molecule has 0 spiro atoms. The summed E-state index contributed by atoms with van der Waals surface area (Å²) in [4.78, 5) is 26.9. The van der Waals surface area contributed by atoms with Crippen LogP contribution in [0.15, 0.2) is 11.3 Å². The highest BCUT2D eigenvalue weighted by atomic mass is 16.4. The lowest BCUT2D eigenvalue weighted by molar-refractivity contribution is -0.163. The molecule has 0 aromatic carbocycles. The predicted molar refractivity (Wildman–Crippen MR) is 73.5 cm³/mol. The number of hydrogen-bond acceptors (Lipinski definition) is 4. The molecule has 0 unspecified atom stereocenters. The molecule has 2 saturated heterocycles. The minimum Gasteiger partial charge on any atom is -0.477 e. The molecule has 0 aromatic heterocycles. The number of aliphatic hydroxyl groups excluding tert-OH is 1. The van der Waals surface area contributed by atoms with E-state index in [9.17, 15) is 19.8 Å². The van der Waals surface area contributed by atoms with Gasteiger partial charge in [-0.05, 0) is 25.8 Å². The fourth-order valence-electron chi connectivity index (χ4n) is 3.89. The highest BCUT2D eigenvalue weighted by Crippen LogP contribution is 2.49. The molecule has 7 nitrogen and oxygen atoms in total. The van der Waals surface area contributed by atoms with Gasteiger partial charge in [-0.2, -0.15) is 0 Å². The number of nitrogens with zero attached hydrogens (tertiary/aromatic N) is 2. The number of hydrogen-bond donors (Lipinski definition) is 3. The van der Waals surface area contributed by atoms with Crippen molar-refractivity contribution in [3.63, 3.8) is 0 Å². The Balaban J connectivity index is 1.98. The molecular weight excluding hydrogens is 274 g/mol. The molecule has 3 heterocycles. The van der Waals surface area contributed by atoms with Gasteiger partial charge in [-0.1, -0.05) is 0 Å². The number of aliphatic hydroxyl groups is 1. The zero-order valence-corrected chi connectivity index (χ0v) is 12.0. The summed E-state index contributed by atoms with van der Waals surface area (Å²) in [6.07, 6.45) is -0.0596. The average Bonchev–Trinajstić information content (AvgIpc) is 2.68. The number of carboxylic acids is 1. The normalized spacial score (nSPS) is 32.5. The van der Waals surface area contributed by atoms with E-state index in [1.807, 2.05) is 4.90 Å². The molecule has 2 fully saturated rings. The van der Waals surface area contributed by atoms with E-state index >= 15 is 0 Å². The van der Waals surface area contributed by atoms with Crippen molar-refractivity contribution in [1.82, 2.24) is 9.80 Å². The van der Waals surface area contributed by atoms with Crippen LogP contribution >= 0.6 is 0 Å². The molecule has 3 aliphatic heterocycles. The monoisotopic (exact) mass is 293 g/mol. The van der Waals surface area contributed by atoms with E-state index in [4.69, 9.17) is 5.41 Å². The minimum atomic E-state index is -1.10. The Morgan fingerprint density at radius 3 is 2.67 bits per heavy atom. The number of aliphatic carboxylic acids is 1. The van der Waals surface area contributed by atoms with Crippen LogP contribution in [-0.4, -0.2) is 63.0 Å². The molecule has 3 rings (SSSR count). The number of likely N-dealkylation sites (tertiary alicyclic amines) is 1. The van der Waals surface area contributed by atoms with Crippen molar-refractivity contribution in [1.29, 1.82) is 5.41 Å². The van der Waals surface area contributed by atoms with Gasteiger partial charge in [0.2, 0.25) is 5.91 Å². The van der Waals surface area contributed by atoms with Crippen molar-refractivity contribution in [2.24, 2.45) is 11.8 Å². The lowest BCUT2D eigenvalue weighted by Gasteiger charge is -2.47. The highest BCUT2D eigenvalue weighted by molar-refractivity contribution is 6.00. The van der Waals surface area contributed by atoms with Crippen LogP contribution in [0.5, 0.6) is 0 Å². The Labute approximate surface area is 122 Å². The van der Waals surface area contributed by atoms with Crippen molar-refractivity contribution in [3.8, 4) is 0 Å². The molecule has 0 saturated carbocycles. The molecule has 3 N–H and O–H groups in total. The van der Waals surface area contributed by atoms with Gasteiger partial charge in [-0.15, -0.1) is 0 Å². The number of rotatable bonds is 2. The Hall–Kier alpha value is -1.89. The molecule has 1 amide bonds. The van der Waals surface area contributed by atoms with Gasteiger partial charge in [-0.3, -0.25) is 10.2 Å². The number of β-lactam (4-membered cyclic amide) rings is 1. The van der Waals surface area contributed by atoms with Crippen LogP contribution < -0.4 is 0 Å². The van der Waals surface area contributed by atoms with Crippen LogP contribution in [0, 0.1) is 17.2 Å². The van der Waals surface area contributed by atoms with Gasteiger partial charge in [0.15, 0.2) is 0 Å². The first-order valence-corrected chi connectivity index (χ1v) is 7.12. The minimum absolute atomic E-state index is 0.0102. The highest BCUT2D eigenvalue weighted by Gasteiger charge is 2.61. The smallest absolute Gasteiger partial charge is 0.352 e. The quantitative estimate of drug-likeness (QED) is 0.373.